The van der Waals surface area contributed by atoms with Gasteiger partial charge in [0.05, 0.1) is 22.9 Å². The molecule has 0 heterocycles. The van der Waals surface area contributed by atoms with E-state index in [0.29, 0.717) is 11.8 Å². The Morgan fingerprint density at radius 2 is 1.65 bits per heavy atom. The van der Waals surface area contributed by atoms with Crippen LogP contribution in [-0.2, 0) is 0 Å². The highest BCUT2D eigenvalue weighted by molar-refractivity contribution is 6.33. The van der Waals surface area contributed by atoms with Crippen molar-refractivity contribution in [1.29, 1.82) is 0 Å². The van der Waals surface area contributed by atoms with Crippen molar-refractivity contribution in [2.45, 2.75) is 37.6 Å². The highest BCUT2D eigenvalue weighted by Gasteiger charge is 2.57. The average Bonchev–Trinajstić information content (AvgIpc) is 2.44. The van der Waals surface area contributed by atoms with Gasteiger partial charge in [0.2, 0.25) is 0 Å². The topological polar surface area (TPSA) is 32.3 Å². The Hall–Kier alpha value is -0.730. The van der Waals surface area contributed by atoms with E-state index in [4.69, 9.17) is 11.6 Å². The third kappa shape index (κ3) is 1.81. The molecular weight excluding hydrogens is 270 g/mol. The molecule has 0 saturated heterocycles. The Labute approximate surface area is 125 Å². The molecule has 20 heavy (non-hydrogen) atoms. The number of hydrogen-bond donors (Lipinski definition) is 2. The highest BCUT2D eigenvalue weighted by Crippen LogP contribution is 2.59. The Bertz CT molecular complexity index is 487. The summed E-state index contributed by atoms with van der Waals surface area (Å²) in [6.45, 7) is 0.229. The van der Waals surface area contributed by atoms with Gasteiger partial charge in [-0.15, -0.1) is 0 Å². The van der Waals surface area contributed by atoms with Gasteiger partial charge in [-0.25, -0.2) is 0 Å². The van der Waals surface area contributed by atoms with Crippen LogP contribution in [0.4, 0.5) is 5.69 Å². The lowest BCUT2D eigenvalue weighted by molar-refractivity contribution is -0.0655. The molecule has 0 amide bonds. The minimum Gasteiger partial charge on any atom is -0.394 e. The second-order valence-electron chi connectivity index (χ2n) is 7.11. The number of rotatable bonds is 3. The summed E-state index contributed by atoms with van der Waals surface area (Å²) in [7, 11) is 0. The lowest BCUT2D eigenvalue weighted by atomic mass is 9.48. The fourth-order valence-electron chi connectivity index (χ4n) is 5.34. The number of benzene rings is 1. The van der Waals surface area contributed by atoms with Crippen molar-refractivity contribution in [1.82, 2.24) is 0 Å². The predicted molar refractivity (Wildman–Crippen MR) is 81.9 cm³/mol. The van der Waals surface area contributed by atoms with Gasteiger partial charge >= 0.3 is 0 Å². The summed E-state index contributed by atoms with van der Waals surface area (Å²) >= 11 is 6.31. The first-order valence-corrected chi connectivity index (χ1v) is 8.22. The van der Waals surface area contributed by atoms with E-state index >= 15 is 0 Å². The van der Waals surface area contributed by atoms with E-state index in [1.165, 1.54) is 32.1 Å². The molecule has 108 valence electrons. The van der Waals surface area contributed by atoms with E-state index in [1.54, 1.807) is 0 Å². The lowest BCUT2D eigenvalue weighted by Gasteiger charge is -2.61. The van der Waals surface area contributed by atoms with Crippen LogP contribution in [0.2, 0.25) is 5.02 Å². The normalized spacial score (nSPS) is 41.9. The van der Waals surface area contributed by atoms with Crippen LogP contribution in [0.25, 0.3) is 0 Å². The van der Waals surface area contributed by atoms with E-state index in [0.717, 1.165) is 22.5 Å². The third-order valence-corrected chi connectivity index (χ3v) is 6.43. The maximum Gasteiger partial charge on any atom is 0.0667 e. The molecule has 0 unspecified atom stereocenters. The molecular formula is C17H22ClNO. The van der Waals surface area contributed by atoms with Crippen molar-refractivity contribution in [3.05, 3.63) is 29.3 Å². The van der Waals surface area contributed by atoms with E-state index in [-0.39, 0.29) is 12.1 Å². The quantitative estimate of drug-likeness (QED) is 0.884. The molecule has 4 aliphatic rings. The molecule has 4 fully saturated rings. The first-order chi connectivity index (χ1) is 9.71. The Morgan fingerprint density at radius 3 is 2.20 bits per heavy atom. The monoisotopic (exact) mass is 291 g/mol. The molecule has 1 aromatic carbocycles. The SMILES string of the molecule is OCC1(Nc2ccccc2Cl)C2CC3CC(C2)CC1C3. The molecule has 3 heteroatoms. The van der Waals surface area contributed by atoms with E-state index in [1.807, 2.05) is 24.3 Å². The van der Waals surface area contributed by atoms with Gasteiger partial charge in [0.1, 0.15) is 0 Å². The van der Waals surface area contributed by atoms with Crippen LogP contribution in [-0.4, -0.2) is 17.3 Å². The smallest absolute Gasteiger partial charge is 0.0667 e. The number of para-hydroxylation sites is 1. The second kappa shape index (κ2) is 4.64. The van der Waals surface area contributed by atoms with E-state index in [9.17, 15) is 5.11 Å². The number of aliphatic hydroxyl groups is 1. The van der Waals surface area contributed by atoms with Crippen molar-refractivity contribution >= 4 is 17.3 Å². The van der Waals surface area contributed by atoms with Gasteiger partial charge in [-0.2, -0.15) is 0 Å². The van der Waals surface area contributed by atoms with E-state index < -0.39 is 0 Å². The molecule has 2 nitrogen and oxygen atoms in total. The number of aliphatic hydroxyl groups excluding tert-OH is 1. The summed E-state index contributed by atoms with van der Waals surface area (Å²) in [6, 6.07) is 7.92. The van der Waals surface area contributed by atoms with Gasteiger partial charge in [-0.1, -0.05) is 23.7 Å². The number of halogens is 1. The molecule has 0 atom stereocenters. The summed E-state index contributed by atoms with van der Waals surface area (Å²) in [6.07, 6.45) is 6.56. The van der Waals surface area contributed by atoms with Crippen LogP contribution >= 0.6 is 11.6 Å². The van der Waals surface area contributed by atoms with Crippen molar-refractivity contribution in [3.8, 4) is 0 Å². The summed E-state index contributed by atoms with van der Waals surface area (Å²) in [5, 5.41) is 14.6. The van der Waals surface area contributed by atoms with Gasteiger partial charge in [0.15, 0.2) is 0 Å². The van der Waals surface area contributed by atoms with E-state index in [2.05, 4.69) is 5.32 Å². The lowest BCUT2D eigenvalue weighted by Crippen LogP contribution is -2.63. The van der Waals surface area contributed by atoms with Crippen LogP contribution in [0.5, 0.6) is 0 Å². The minimum absolute atomic E-state index is 0.140. The zero-order valence-electron chi connectivity index (χ0n) is 11.7. The molecule has 0 spiro atoms. The number of nitrogens with one attached hydrogen (secondary N) is 1. The summed E-state index contributed by atoms with van der Waals surface area (Å²) in [4.78, 5) is 0. The maximum absolute atomic E-state index is 10.2. The fraction of sp³-hybridized carbons (Fsp3) is 0.647. The van der Waals surface area contributed by atoms with Crippen molar-refractivity contribution in [3.63, 3.8) is 0 Å². The molecule has 2 N–H and O–H groups in total. The van der Waals surface area contributed by atoms with Crippen molar-refractivity contribution < 1.29 is 5.11 Å². The Morgan fingerprint density at radius 1 is 1.05 bits per heavy atom. The standard InChI is InChI=1S/C17H22ClNO/c18-15-3-1-2-4-16(15)19-17(10-20)13-6-11-5-12(8-13)9-14(17)7-11/h1-4,11-14,19-20H,5-10H2. The predicted octanol–water partition coefficient (Wildman–Crippen LogP) is 3.94. The van der Waals surface area contributed by atoms with Crippen LogP contribution < -0.4 is 5.32 Å². The fourth-order valence-corrected chi connectivity index (χ4v) is 5.52. The summed E-state index contributed by atoms with van der Waals surface area (Å²) < 4.78 is 0. The second-order valence-corrected chi connectivity index (χ2v) is 7.51. The summed E-state index contributed by atoms with van der Waals surface area (Å²) in [5.74, 6) is 3.04. The third-order valence-electron chi connectivity index (χ3n) is 6.10. The van der Waals surface area contributed by atoms with Gasteiger partial charge in [-0.05, 0) is 67.9 Å². The Balaban J connectivity index is 1.68. The average molecular weight is 292 g/mol. The van der Waals surface area contributed by atoms with Gasteiger partial charge in [-0.3, -0.25) is 0 Å². The molecule has 0 aliphatic heterocycles. The highest BCUT2D eigenvalue weighted by atomic mass is 35.5. The minimum atomic E-state index is -0.140. The zero-order valence-corrected chi connectivity index (χ0v) is 12.4. The Kier molecular flexibility index (Phi) is 3.01. The largest absolute Gasteiger partial charge is 0.394 e. The van der Waals surface area contributed by atoms with Crippen LogP contribution in [0.1, 0.15) is 32.1 Å². The zero-order chi connectivity index (χ0) is 13.7. The maximum atomic E-state index is 10.2. The molecule has 5 rings (SSSR count). The number of anilines is 1. The van der Waals surface area contributed by atoms with Crippen molar-refractivity contribution in [2.24, 2.45) is 23.7 Å². The van der Waals surface area contributed by atoms with Crippen molar-refractivity contribution in [2.75, 3.05) is 11.9 Å². The molecule has 0 aromatic heterocycles. The number of hydrogen-bond acceptors (Lipinski definition) is 2. The molecule has 4 saturated carbocycles. The first-order valence-electron chi connectivity index (χ1n) is 7.85. The van der Waals surface area contributed by atoms with Crippen LogP contribution in [0, 0.1) is 23.7 Å². The molecule has 0 radical (unpaired) electrons. The molecule has 4 aliphatic carbocycles. The summed E-state index contributed by atoms with van der Waals surface area (Å²) in [5.41, 5.74) is 0.842. The van der Waals surface area contributed by atoms with Gasteiger partial charge < -0.3 is 10.4 Å². The molecule has 1 aromatic rings. The van der Waals surface area contributed by atoms with Gasteiger partial charge in [0.25, 0.3) is 0 Å². The first kappa shape index (κ1) is 13.0. The van der Waals surface area contributed by atoms with Gasteiger partial charge in [0, 0.05) is 0 Å². The van der Waals surface area contributed by atoms with Crippen LogP contribution in [0.3, 0.4) is 0 Å². The molecule has 4 bridgehead atoms. The van der Waals surface area contributed by atoms with Crippen LogP contribution in [0.15, 0.2) is 24.3 Å².